The Morgan fingerprint density at radius 1 is 1.44 bits per heavy atom. The topological polar surface area (TPSA) is 47.3 Å². The van der Waals surface area contributed by atoms with Gasteiger partial charge in [0.05, 0.1) is 16.9 Å². The maximum Gasteiger partial charge on any atom is 0.124 e. The zero-order valence-corrected chi connectivity index (χ0v) is 12.8. The summed E-state index contributed by atoms with van der Waals surface area (Å²) in [6.07, 6.45) is 0. The molecule has 0 amide bonds. The third-order valence-electron chi connectivity index (χ3n) is 2.59. The minimum absolute atomic E-state index is 0.152. The van der Waals surface area contributed by atoms with E-state index in [9.17, 15) is 0 Å². The van der Waals surface area contributed by atoms with Crippen molar-refractivity contribution in [1.82, 2.24) is 5.43 Å². The van der Waals surface area contributed by atoms with Gasteiger partial charge in [0, 0.05) is 10.6 Å². The lowest BCUT2D eigenvalue weighted by Crippen LogP contribution is -2.28. The molecule has 1 atom stereocenters. The highest BCUT2D eigenvalue weighted by atomic mass is 79.9. The van der Waals surface area contributed by atoms with Gasteiger partial charge in [-0.3, -0.25) is 5.84 Å². The molecule has 96 valence electrons. The second-order valence-corrected chi connectivity index (χ2v) is 6.40. The van der Waals surface area contributed by atoms with E-state index in [4.69, 9.17) is 22.2 Å². The Morgan fingerprint density at radius 3 is 2.78 bits per heavy atom. The highest BCUT2D eigenvalue weighted by Gasteiger charge is 2.18. The van der Waals surface area contributed by atoms with Crippen molar-refractivity contribution in [2.45, 2.75) is 6.04 Å². The highest BCUT2D eigenvalue weighted by molar-refractivity contribution is 9.11. The summed E-state index contributed by atoms with van der Waals surface area (Å²) >= 11 is 11.1. The average molecular weight is 348 g/mol. The standard InChI is InChI=1S/C12H12BrClN2OS/c1-17-10-3-2-8(14)5-9(10)12(16-15)7-4-11(13)18-6-7/h2-6,12,16H,15H2,1H3. The monoisotopic (exact) mass is 346 g/mol. The van der Waals surface area contributed by atoms with Gasteiger partial charge < -0.3 is 4.74 Å². The molecule has 0 saturated heterocycles. The number of nitrogens with two attached hydrogens (primary N) is 1. The number of ether oxygens (including phenoxy) is 1. The lowest BCUT2D eigenvalue weighted by atomic mass is 10.0. The summed E-state index contributed by atoms with van der Waals surface area (Å²) in [6.45, 7) is 0. The summed E-state index contributed by atoms with van der Waals surface area (Å²) in [5.74, 6) is 6.41. The van der Waals surface area contributed by atoms with Crippen LogP contribution in [0.5, 0.6) is 5.75 Å². The van der Waals surface area contributed by atoms with Crippen LogP contribution in [0.4, 0.5) is 0 Å². The lowest BCUT2D eigenvalue weighted by Gasteiger charge is -2.18. The second-order valence-electron chi connectivity index (χ2n) is 3.67. The first-order valence-electron chi connectivity index (χ1n) is 5.19. The summed E-state index contributed by atoms with van der Waals surface area (Å²) in [5, 5.41) is 2.69. The Bertz CT molecular complexity index is 547. The minimum Gasteiger partial charge on any atom is -0.496 e. The molecule has 0 spiro atoms. The van der Waals surface area contributed by atoms with Crippen molar-refractivity contribution < 1.29 is 4.74 Å². The van der Waals surface area contributed by atoms with E-state index in [0.29, 0.717) is 5.02 Å². The maximum atomic E-state index is 6.04. The summed E-state index contributed by atoms with van der Waals surface area (Å²) in [5.41, 5.74) is 4.78. The lowest BCUT2D eigenvalue weighted by molar-refractivity contribution is 0.404. The van der Waals surface area contributed by atoms with Crippen molar-refractivity contribution in [1.29, 1.82) is 0 Å². The molecule has 0 bridgehead atoms. The highest BCUT2D eigenvalue weighted by Crippen LogP contribution is 2.34. The van der Waals surface area contributed by atoms with E-state index in [1.54, 1.807) is 24.5 Å². The first-order valence-corrected chi connectivity index (χ1v) is 7.24. The van der Waals surface area contributed by atoms with Gasteiger partial charge in [0.1, 0.15) is 5.75 Å². The van der Waals surface area contributed by atoms with Crippen LogP contribution < -0.4 is 16.0 Å². The van der Waals surface area contributed by atoms with Gasteiger partial charge in [-0.05, 0) is 51.1 Å². The number of methoxy groups -OCH3 is 1. The first kappa shape index (κ1) is 13.8. The van der Waals surface area contributed by atoms with Crippen LogP contribution in [0, 0.1) is 0 Å². The molecule has 1 heterocycles. The molecule has 1 aromatic carbocycles. The molecule has 3 nitrogen and oxygen atoms in total. The predicted octanol–water partition coefficient (Wildman–Crippen LogP) is 3.73. The molecule has 6 heteroatoms. The zero-order chi connectivity index (χ0) is 13.1. The van der Waals surface area contributed by atoms with Crippen LogP contribution in [0.25, 0.3) is 0 Å². The van der Waals surface area contributed by atoms with Gasteiger partial charge in [-0.15, -0.1) is 11.3 Å². The smallest absolute Gasteiger partial charge is 0.124 e. The summed E-state index contributed by atoms with van der Waals surface area (Å²) in [4.78, 5) is 0. The van der Waals surface area contributed by atoms with Crippen LogP contribution in [-0.2, 0) is 0 Å². The summed E-state index contributed by atoms with van der Waals surface area (Å²) < 4.78 is 6.40. The van der Waals surface area contributed by atoms with E-state index in [-0.39, 0.29) is 6.04 Å². The number of nitrogens with one attached hydrogen (secondary N) is 1. The Labute approximate surface area is 123 Å². The molecular weight excluding hydrogens is 336 g/mol. The van der Waals surface area contributed by atoms with Gasteiger partial charge in [-0.1, -0.05) is 11.6 Å². The van der Waals surface area contributed by atoms with E-state index in [0.717, 1.165) is 20.7 Å². The van der Waals surface area contributed by atoms with Gasteiger partial charge in [0.25, 0.3) is 0 Å². The third-order valence-corrected chi connectivity index (χ3v) is 4.35. The number of thiophene rings is 1. The van der Waals surface area contributed by atoms with E-state index in [2.05, 4.69) is 21.4 Å². The molecule has 3 N–H and O–H groups in total. The van der Waals surface area contributed by atoms with Gasteiger partial charge in [0.15, 0.2) is 0 Å². The Morgan fingerprint density at radius 2 is 2.22 bits per heavy atom. The summed E-state index contributed by atoms with van der Waals surface area (Å²) in [7, 11) is 1.63. The number of rotatable bonds is 4. The van der Waals surface area contributed by atoms with E-state index in [1.165, 1.54) is 0 Å². The molecule has 2 aromatic rings. The number of benzene rings is 1. The molecule has 0 aliphatic carbocycles. The van der Waals surface area contributed by atoms with E-state index >= 15 is 0 Å². The van der Waals surface area contributed by atoms with Crippen molar-refractivity contribution in [3.63, 3.8) is 0 Å². The Balaban J connectivity index is 2.47. The van der Waals surface area contributed by atoms with Crippen molar-refractivity contribution in [2.75, 3.05) is 7.11 Å². The molecule has 0 fully saturated rings. The normalized spacial score (nSPS) is 12.4. The minimum atomic E-state index is -0.152. The number of hydrazine groups is 1. The van der Waals surface area contributed by atoms with Gasteiger partial charge in [0.2, 0.25) is 0 Å². The third kappa shape index (κ3) is 2.87. The van der Waals surface area contributed by atoms with Crippen molar-refractivity contribution >= 4 is 38.9 Å². The quantitative estimate of drug-likeness (QED) is 0.654. The number of hydrogen-bond donors (Lipinski definition) is 2. The van der Waals surface area contributed by atoms with Crippen LogP contribution in [0.2, 0.25) is 5.02 Å². The Kier molecular flexibility index (Phi) is 4.64. The SMILES string of the molecule is COc1ccc(Cl)cc1C(NN)c1csc(Br)c1. The van der Waals surface area contributed by atoms with Gasteiger partial charge in [-0.25, -0.2) is 5.43 Å². The molecule has 0 aliphatic heterocycles. The molecule has 0 saturated carbocycles. The van der Waals surface area contributed by atoms with E-state index in [1.807, 2.05) is 23.6 Å². The predicted molar refractivity (Wildman–Crippen MR) is 79.2 cm³/mol. The van der Waals surface area contributed by atoms with Crippen LogP contribution in [0.3, 0.4) is 0 Å². The van der Waals surface area contributed by atoms with Crippen molar-refractivity contribution in [3.05, 3.63) is 49.6 Å². The largest absolute Gasteiger partial charge is 0.496 e. The first-order chi connectivity index (χ1) is 8.65. The fraction of sp³-hybridized carbons (Fsp3) is 0.167. The van der Waals surface area contributed by atoms with Crippen molar-refractivity contribution in [2.24, 2.45) is 5.84 Å². The fourth-order valence-corrected chi connectivity index (χ4v) is 3.15. The van der Waals surface area contributed by atoms with Crippen molar-refractivity contribution in [3.8, 4) is 5.75 Å². The molecule has 1 aromatic heterocycles. The van der Waals surface area contributed by atoms with Crippen LogP contribution >= 0.6 is 38.9 Å². The maximum absolute atomic E-state index is 6.04. The summed E-state index contributed by atoms with van der Waals surface area (Å²) in [6, 6.07) is 7.36. The van der Waals surface area contributed by atoms with Crippen LogP contribution in [-0.4, -0.2) is 7.11 Å². The average Bonchev–Trinajstić information content (AvgIpc) is 2.77. The number of halogens is 2. The second kappa shape index (κ2) is 6.04. The molecule has 1 unspecified atom stereocenters. The molecule has 2 rings (SSSR count). The van der Waals surface area contributed by atoms with E-state index < -0.39 is 0 Å². The van der Waals surface area contributed by atoms with Crippen LogP contribution in [0.1, 0.15) is 17.2 Å². The molecule has 0 aliphatic rings. The van der Waals surface area contributed by atoms with Gasteiger partial charge >= 0.3 is 0 Å². The molecule has 0 radical (unpaired) electrons. The molecular formula is C12H12BrClN2OS. The van der Waals surface area contributed by atoms with Crippen LogP contribution in [0.15, 0.2) is 33.4 Å². The Hall–Kier alpha value is -0.590. The number of hydrogen-bond acceptors (Lipinski definition) is 4. The fourth-order valence-electron chi connectivity index (χ4n) is 1.77. The molecule has 18 heavy (non-hydrogen) atoms. The zero-order valence-electron chi connectivity index (χ0n) is 9.61. The van der Waals surface area contributed by atoms with Gasteiger partial charge in [-0.2, -0.15) is 0 Å².